The molecular weight excluding hydrogens is 287 g/mol. The van der Waals surface area contributed by atoms with Crippen LogP contribution in [-0.2, 0) is 9.59 Å². The Morgan fingerprint density at radius 1 is 1.50 bits per heavy atom. The van der Waals surface area contributed by atoms with Crippen molar-refractivity contribution in [2.45, 2.75) is 38.8 Å². The molecular formula is C16H17FN2O3. The largest absolute Gasteiger partial charge is 0.459 e. The highest BCUT2D eigenvalue weighted by Crippen LogP contribution is 2.30. The molecule has 5 nitrogen and oxygen atoms in total. The van der Waals surface area contributed by atoms with E-state index < -0.39 is 6.04 Å². The van der Waals surface area contributed by atoms with Crippen LogP contribution in [0.2, 0.25) is 0 Å². The number of rotatable bonds is 3. The van der Waals surface area contributed by atoms with Crippen LogP contribution in [0.4, 0.5) is 4.39 Å². The maximum absolute atomic E-state index is 13.3. The van der Waals surface area contributed by atoms with Crippen LogP contribution in [0, 0.1) is 12.7 Å². The van der Waals surface area contributed by atoms with E-state index in [2.05, 4.69) is 10.6 Å². The van der Waals surface area contributed by atoms with Crippen LogP contribution in [0.1, 0.15) is 37.1 Å². The molecule has 0 saturated carbocycles. The van der Waals surface area contributed by atoms with Gasteiger partial charge >= 0.3 is 0 Å². The van der Waals surface area contributed by atoms with E-state index >= 15 is 0 Å². The first-order chi connectivity index (χ1) is 10.5. The minimum absolute atomic E-state index is 0.108. The predicted octanol–water partition coefficient (Wildman–Crippen LogP) is 2.34. The van der Waals surface area contributed by atoms with Crippen LogP contribution >= 0.6 is 0 Å². The number of fused-ring (bicyclic) bond motifs is 1. The fourth-order valence-corrected chi connectivity index (χ4v) is 2.82. The molecule has 2 aromatic rings. The van der Waals surface area contributed by atoms with Gasteiger partial charge in [-0.3, -0.25) is 9.59 Å². The van der Waals surface area contributed by atoms with Gasteiger partial charge in [0.15, 0.2) is 0 Å². The van der Waals surface area contributed by atoms with Gasteiger partial charge in [-0.25, -0.2) is 4.39 Å². The third-order valence-corrected chi connectivity index (χ3v) is 4.00. The monoisotopic (exact) mass is 304 g/mol. The lowest BCUT2D eigenvalue weighted by atomic mass is 10.1. The molecule has 22 heavy (non-hydrogen) atoms. The summed E-state index contributed by atoms with van der Waals surface area (Å²) >= 11 is 0. The molecule has 1 fully saturated rings. The first-order valence-corrected chi connectivity index (χ1v) is 7.24. The molecule has 1 aliphatic rings. The number of hydrogen-bond acceptors (Lipinski definition) is 3. The van der Waals surface area contributed by atoms with Gasteiger partial charge in [-0.1, -0.05) is 0 Å². The van der Waals surface area contributed by atoms with E-state index in [9.17, 15) is 14.0 Å². The number of hydrogen-bond donors (Lipinski definition) is 2. The van der Waals surface area contributed by atoms with Crippen molar-refractivity contribution in [3.8, 4) is 0 Å². The minimum Gasteiger partial charge on any atom is -0.459 e. The summed E-state index contributed by atoms with van der Waals surface area (Å²) < 4.78 is 19.1. The van der Waals surface area contributed by atoms with Crippen molar-refractivity contribution in [1.82, 2.24) is 10.6 Å². The molecule has 1 saturated heterocycles. The van der Waals surface area contributed by atoms with Gasteiger partial charge in [-0.2, -0.15) is 0 Å². The summed E-state index contributed by atoms with van der Waals surface area (Å²) in [4.78, 5) is 23.3. The Morgan fingerprint density at radius 3 is 2.95 bits per heavy atom. The lowest BCUT2D eigenvalue weighted by Crippen LogP contribution is -2.42. The molecule has 2 N–H and O–H groups in total. The molecule has 1 aromatic carbocycles. The third-order valence-electron chi connectivity index (χ3n) is 4.00. The molecule has 2 heterocycles. The van der Waals surface area contributed by atoms with E-state index in [-0.39, 0.29) is 23.7 Å². The van der Waals surface area contributed by atoms with Crippen molar-refractivity contribution < 1.29 is 18.4 Å². The lowest BCUT2D eigenvalue weighted by Gasteiger charge is -2.16. The average Bonchev–Trinajstić information content (AvgIpc) is 3.04. The summed E-state index contributed by atoms with van der Waals surface area (Å²) in [5.74, 6) is -0.0702. The van der Waals surface area contributed by atoms with E-state index in [4.69, 9.17) is 4.42 Å². The lowest BCUT2D eigenvalue weighted by molar-refractivity contribution is -0.126. The molecule has 6 heteroatoms. The standard InChI is InChI=1S/C16H17FN2O3/c1-8-11-7-10(17)3-5-13(11)22-15(8)9(2)18-16(21)12-4-6-14(20)19-12/h3,5,7,9,12H,4,6H2,1-2H3,(H,18,21)(H,19,20)/t9-,12+/m1/s1. The quantitative estimate of drug-likeness (QED) is 0.914. The molecule has 1 aliphatic heterocycles. The zero-order valence-electron chi connectivity index (χ0n) is 12.4. The van der Waals surface area contributed by atoms with Crippen LogP contribution in [0.15, 0.2) is 22.6 Å². The summed E-state index contributed by atoms with van der Waals surface area (Å²) in [5, 5.41) is 6.16. The summed E-state index contributed by atoms with van der Waals surface area (Å²) in [7, 11) is 0. The Morgan fingerprint density at radius 2 is 2.27 bits per heavy atom. The highest BCUT2D eigenvalue weighted by atomic mass is 19.1. The van der Waals surface area contributed by atoms with E-state index in [0.29, 0.717) is 29.6 Å². The number of carbonyl (C=O) groups excluding carboxylic acids is 2. The summed E-state index contributed by atoms with van der Waals surface area (Å²) in [6.07, 6.45) is 0.872. The summed E-state index contributed by atoms with van der Waals surface area (Å²) in [5.41, 5.74) is 1.39. The Bertz CT molecular complexity index is 753. The first-order valence-electron chi connectivity index (χ1n) is 7.24. The Hall–Kier alpha value is -2.37. The van der Waals surface area contributed by atoms with Crippen molar-refractivity contribution in [3.05, 3.63) is 35.3 Å². The number of carbonyl (C=O) groups is 2. The molecule has 0 unspecified atom stereocenters. The van der Waals surface area contributed by atoms with Gasteiger partial charge in [0, 0.05) is 17.4 Å². The zero-order valence-corrected chi connectivity index (χ0v) is 12.4. The van der Waals surface area contributed by atoms with Crippen LogP contribution in [-0.4, -0.2) is 17.9 Å². The number of halogens is 1. The van der Waals surface area contributed by atoms with Crippen molar-refractivity contribution in [2.75, 3.05) is 0 Å². The number of aryl methyl sites for hydroxylation is 1. The van der Waals surface area contributed by atoms with Crippen molar-refractivity contribution in [1.29, 1.82) is 0 Å². The second kappa shape index (κ2) is 5.44. The average molecular weight is 304 g/mol. The van der Waals surface area contributed by atoms with Gasteiger partial charge in [-0.15, -0.1) is 0 Å². The van der Waals surface area contributed by atoms with Gasteiger partial charge in [-0.05, 0) is 38.5 Å². The highest BCUT2D eigenvalue weighted by Gasteiger charge is 2.29. The second-order valence-corrected chi connectivity index (χ2v) is 5.62. The Balaban J connectivity index is 1.80. The van der Waals surface area contributed by atoms with Crippen LogP contribution < -0.4 is 10.6 Å². The maximum Gasteiger partial charge on any atom is 0.243 e. The number of nitrogens with one attached hydrogen (secondary N) is 2. The van der Waals surface area contributed by atoms with Crippen LogP contribution in [0.3, 0.4) is 0 Å². The molecule has 0 bridgehead atoms. The van der Waals surface area contributed by atoms with Crippen molar-refractivity contribution in [2.24, 2.45) is 0 Å². The molecule has 3 rings (SSSR count). The first kappa shape index (κ1) is 14.6. The minimum atomic E-state index is -0.489. The SMILES string of the molecule is Cc1c([C@@H](C)NC(=O)[C@@H]2CCC(=O)N2)oc2ccc(F)cc12. The maximum atomic E-state index is 13.3. The van der Waals surface area contributed by atoms with Gasteiger partial charge in [0.1, 0.15) is 23.2 Å². The normalized spacial score (nSPS) is 19.2. The van der Waals surface area contributed by atoms with E-state index in [0.717, 1.165) is 5.56 Å². The summed E-state index contributed by atoms with van der Waals surface area (Å²) in [6, 6.07) is 3.49. The molecule has 1 aromatic heterocycles. The van der Waals surface area contributed by atoms with Crippen LogP contribution in [0.5, 0.6) is 0 Å². The Kier molecular flexibility index (Phi) is 3.60. The van der Waals surface area contributed by atoms with Crippen molar-refractivity contribution in [3.63, 3.8) is 0 Å². The van der Waals surface area contributed by atoms with Gasteiger partial charge in [0.2, 0.25) is 11.8 Å². The van der Waals surface area contributed by atoms with Crippen LogP contribution in [0.25, 0.3) is 11.0 Å². The smallest absolute Gasteiger partial charge is 0.243 e. The Labute approximate surface area is 126 Å². The molecule has 2 amide bonds. The van der Waals surface area contributed by atoms with Gasteiger partial charge in [0.05, 0.1) is 6.04 Å². The second-order valence-electron chi connectivity index (χ2n) is 5.62. The highest BCUT2D eigenvalue weighted by molar-refractivity contribution is 5.91. The third kappa shape index (κ3) is 2.56. The fraction of sp³-hybridized carbons (Fsp3) is 0.375. The molecule has 0 spiro atoms. The predicted molar refractivity (Wildman–Crippen MR) is 78.6 cm³/mol. The zero-order chi connectivity index (χ0) is 15.9. The fourth-order valence-electron chi connectivity index (χ4n) is 2.82. The number of amides is 2. The van der Waals surface area contributed by atoms with E-state index in [1.165, 1.54) is 12.1 Å². The molecule has 2 atom stereocenters. The van der Waals surface area contributed by atoms with E-state index in [1.807, 2.05) is 6.92 Å². The number of furan rings is 1. The topological polar surface area (TPSA) is 71.3 Å². The molecule has 0 radical (unpaired) electrons. The summed E-state index contributed by atoms with van der Waals surface area (Å²) in [6.45, 7) is 3.64. The van der Waals surface area contributed by atoms with Gasteiger partial charge < -0.3 is 15.1 Å². The van der Waals surface area contributed by atoms with Gasteiger partial charge in [0.25, 0.3) is 0 Å². The van der Waals surface area contributed by atoms with Crippen molar-refractivity contribution >= 4 is 22.8 Å². The van der Waals surface area contributed by atoms with E-state index in [1.54, 1.807) is 13.0 Å². The molecule has 116 valence electrons. The number of benzene rings is 1. The molecule has 0 aliphatic carbocycles.